The number of aliphatic carboxylic acids is 1. The molecule has 0 aromatic heterocycles. The Morgan fingerprint density at radius 1 is 0.853 bits per heavy atom. The minimum atomic E-state index is -3.99. The van der Waals surface area contributed by atoms with E-state index in [-0.39, 0.29) is 11.3 Å². The Balaban J connectivity index is 1.39. The first kappa shape index (κ1) is 24.1. The number of carboxylic acids is 1. The summed E-state index contributed by atoms with van der Waals surface area (Å²) in [6.45, 7) is 3.27. The monoisotopic (exact) mass is 499 g/mol. The molecule has 0 amide bonds. The van der Waals surface area contributed by atoms with E-state index >= 15 is 0 Å². The summed E-state index contributed by atoms with van der Waals surface area (Å²) in [6, 6.07) is 22.0. The van der Waals surface area contributed by atoms with Crippen LogP contribution in [0.15, 0.2) is 83.8 Å². The lowest BCUT2D eigenvalue weighted by Gasteiger charge is -2.37. The quantitative estimate of drug-likeness (QED) is 0.492. The molecule has 1 atom stereocenters. The number of sulfonamides is 1. The minimum absolute atomic E-state index is 0.0374. The standard InChI is InChI=1S/C25H26ClN3O4S/c26-20-6-8-21(9-7-20)28-14-16-29(17-15-28)22-10-12-23(13-11-22)34(32,33)27-24(25(30)31)18-19-4-2-1-3-5-19/h1-13,24,27H,14-18H2,(H,30,31). The van der Waals surface area contributed by atoms with E-state index in [1.165, 1.54) is 12.1 Å². The van der Waals surface area contributed by atoms with Crippen LogP contribution in [0.4, 0.5) is 11.4 Å². The number of hydrogen-bond acceptors (Lipinski definition) is 5. The third kappa shape index (κ3) is 5.88. The Morgan fingerprint density at radius 2 is 1.35 bits per heavy atom. The predicted molar refractivity (Wildman–Crippen MR) is 134 cm³/mol. The molecule has 0 spiro atoms. The zero-order valence-corrected chi connectivity index (χ0v) is 20.0. The number of halogens is 1. The lowest BCUT2D eigenvalue weighted by Crippen LogP contribution is -2.46. The second-order valence-electron chi connectivity index (χ2n) is 8.15. The molecular formula is C25H26ClN3O4S. The maximum absolute atomic E-state index is 12.8. The van der Waals surface area contributed by atoms with Gasteiger partial charge in [0.25, 0.3) is 0 Å². The molecule has 3 aromatic rings. The van der Waals surface area contributed by atoms with Gasteiger partial charge in [-0.2, -0.15) is 4.72 Å². The molecule has 178 valence electrons. The van der Waals surface area contributed by atoms with Crippen LogP contribution in [0.1, 0.15) is 5.56 Å². The predicted octanol–water partition coefficient (Wildman–Crippen LogP) is 3.64. The number of anilines is 2. The summed E-state index contributed by atoms with van der Waals surface area (Å²) in [6.07, 6.45) is 0.0609. The molecule has 0 bridgehead atoms. The smallest absolute Gasteiger partial charge is 0.322 e. The van der Waals surface area contributed by atoms with Gasteiger partial charge in [0, 0.05) is 42.6 Å². The summed E-state index contributed by atoms with van der Waals surface area (Å²) in [5.74, 6) is -1.22. The second kappa shape index (κ2) is 10.5. The van der Waals surface area contributed by atoms with Gasteiger partial charge in [-0.1, -0.05) is 41.9 Å². The molecule has 4 rings (SSSR count). The van der Waals surface area contributed by atoms with Crippen LogP contribution in [0, 0.1) is 0 Å². The van der Waals surface area contributed by atoms with Crippen molar-refractivity contribution in [2.75, 3.05) is 36.0 Å². The van der Waals surface area contributed by atoms with E-state index in [2.05, 4.69) is 14.5 Å². The van der Waals surface area contributed by atoms with Gasteiger partial charge in [0.15, 0.2) is 0 Å². The molecule has 34 heavy (non-hydrogen) atoms. The lowest BCUT2D eigenvalue weighted by molar-refractivity contribution is -0.138. The zero-order valence-electron chi connectivity index (χ0n) is 18.5. The molecule has 1 unspecified atom stereocenters. The number of hydrogen-bond donors (Lipinski definition) is 2. The van der Waals surface area contributed by atoms with Gasteiger partial charge in [0.1, 0.15) is 6.04 Å². The van der Waals surface area contributed by atoms with Gasteiger partial charge < -0.3 is 14.9 Å². The Bertz CT molecular complexity index is 1210. The normalized spacial score (nSPS) is 15.2. The molecule has 1 aliphatic heterocycles. The highest BCUT2D eigenvalue weighted by molar-refractivity contribution is 7.89. The molecular weight excluding hydrogens is 474 g/mol. The van der Waals surface area contributed by atoms with Crippen LogP contribution in [0.3, 0.4) is 0 Å². The highest BCUT2D eigenvalue weighted by Gasteiger charge is 2.26. The topological polar surface area (TPSA) is 89.9 Å². The molecule has 3 aromatic carbocycles. The number of benzene rings is 3. The molecule has 9 heteroatoms. The van der Waals surface area contributed by atoms with Gasteiger partial charge in [0.05, 0.1) is 4.90 Å². The molecule has 0 saturated carbocycles. The molecule has 2 N–H and O–H groups in total. The largest absolute Gasteiger partial charge is 0.480 e. The zero-order chi connectivity index (χ0) is 24.1. The van der Waals surface area contributed by atoms with Gasteiger partial charge in [-0.25, -0.2) is 8.42 Å². The summed E-state index contributed by atoms with van der Waals surface area (Å²) in [4.78, 5) is 16.2. The Hall–Kier alpha value is -3.07. The molecule has 1 heterocycles. The molecule has 1 fully saturated rings. The number of piperazine rings is 1. The SMILES string of the molecule is O=C(O)C(Cc1ccccc1)NS(=O)(=O)c1ccc(N2CCN(c3ccc(Cl)cc3)CC2)cc1. The first-order valence-electron chi connectivity index (χ1n) is 11.0. The van der Waals surface area contributed by atoms with Crippen molar-refractivity contribution in [2.45, 2.75) is 17.4 Å². The van der Waals surface area contributed by atoms with Crippen LogP contribution in [-0.2, 0) is 21.2 Å². The summed E-state index contributed by atoms with van der Waals surface area (Å²) >= 11 is 5.97. The number of carbonyl (C=O) groups is 1. The Labute approximate surface area is 204 Å². The maximum Gasteiger partial charge on any atom is 0.322 e. The summed E-state index contributed by atoms with van der Waals surface area (Å²) in [5.41, 5.74) is 2.79. The fraction of sp³-hybridized carbons (Fsp3) is 0.240. The number of rotatable bonds is 8. The highest BCUT2D eigenvalue weighted by Crippen LogP contribution is 2.23. The van der Waals surface area contributed by atoms with Gasteiger partial charge in [-0.15, -0.1) is 0 Å². The van der Waals surface area contributed by atoms with Crippen LogP contribution in [0.2, 0.25) is 5.02 Å². The van der Waals surface area contributed by atoms with Crippen LogP contribution >= 0.6 is 11.6 Å². The van der Waals surface area contributed by atoms with Gasteiger partial charge in [0.2, 0.25) is 10.0 Å². The van der Waals surface area contributed by atoms with Crippen molar-refractivity contribution in [3.05, 3.63) is 89.4 Å². The van der Waals surface area contributed by atoms with E-state index < -0.39 is 22.0 Å². The average Bonchev–Trinajstić information content (AvgIpc) is 2.85. The van der Waals surface area contributed by atoms with Crippen molar-refractivity contribution in [2.24, 2.45) is 0 Å². The lowest BCUT2D eigenvalue weighted by atomic mass is 10.1. The van der Waals surface area contributed by atoms with E-state index in [4.69, 9.17) is 11.6 Å². The highest BCUT2D eigenvalue weighted by atomic mass is 35.5. The number of nitrogens with one attached hydrogen (secondary N) is 1. The fourth-order valence-electron chi connectivity index (χ4n) is 4.00. The van der Waals surface area contributed by atoms with E-state index in [1.807, 2.05) is 30.3 Å². The van der Waals surface area contributed by atoms with Crippen LogP contribution in [-0.4, -0.2) is 51.7 Å². The van der Waals surface area contributed by atoms with E-state index in [0.717, 1.165) is 43.1 Å². The first-order valence-corrected chi connectivity index (χ1v) is 12.8. The van der Waals surface area contributed by atoms with E-state index in [1.54, 1.807) is 36.4 Å². The van der Waals surface area contributed by atoms with Crippen LogP contribution in [0.25, 0.3) is 0 Å². The van der Waals surface area contributed by atoms with Gasteiger partial charge >= 0.3 is 5.97 Å². The van der Waals surface area contributed by atoms with Crippen molar-refractivity contribution < 1.29 is 18.3 Å². The third-order valence-electron chi connectivity index (χ3n) is 5.86. The minimum Gasteiger partial charge on any atom is -0.480 e. The van der Waals surface area contributed by atoms with Crippen molar-refractivity contribution in [3.8, 4) is 0 Å². The number of carboxylic acid groups (broad SMARTS) is 1. The Kier molecular flexibility index (Phi) is 7.41. The van der Waals surface area contributed by atoms with Crippen LogP contribution in [0.5, 0.6) is 0 Å². The summed E-state index contributed by atoms with van der Waals surface area (Å²) < 4.78 is 28.0. The summed E-state index contributed by atoms with van der Waals surface area (Å²) in [5, 5.41) is 10.2. The van der Waals surface area contributed by atoms with Crippen molar-refractivity contribution in [1.29, 1.82) is 0 Å². The van der Waals surface area contributed by atoms with Crippen molar-refractivity contribution >= 4 is 39.0 Å². The van der Waals surface area contributed by atoms with Gasteiger partial charge in [-0.05, 0) is 60.5 Å². The molecule has 1 aliphatic rings. The number of nitrogens with zero attached hydrogens (tertiary/aromatic N) is 2. The Morgan fingerprint density at radius 3 is 1.85 bits per heavy atom. The van der Waals surface area contributed by atoms with Crippen molar-refractivity contribution in [3.63, 3.8) is 0 Å². The second-order valence-corrected chi connectivity index (χ2v) is 10.3. The average molecular weight is 500 g/mol. The molecule has 0 radical (unpaired) electrons. The van der Waals surface area contributed by atoms with Crippen LogP contribution < -0.4 is 14.5 Å². The molecule has 7 nitrogen and oxygen atoms in total. The van der Waals surface area contributed by atoms with Gasteiger partial charge in [-0.3, -0.25) is 4.79 Å². The fourth-order valence-corrected chi connectivity index (χ4v) is 5.31. The summed E-state index contributed by atoms with van der Waals surface area (Å²) in [7, 11) is -3.99. The maximum atomic E-state index is 12.8. The first-order chi connectivity index (χ1) is 16.3. The molecule has 1 saturated heterocycles. The van der Waals surface area contributed by atoms with E-state index in [0.29, 0.717) is 5.02 Å². The molecule has 0 aliphatic carbocycles. The van der Waals surface area contributed by atoms with Crippen molar-refractivity contribution in [1.82, 2.24) is 4.72 Å². The third-order valence-corrected chi connectivity index (χ3v) is 7.60. The van der Waals surface area contributed by atoms with E-state index in [9.17, 15) is 18.3 Å².